The van der Waals surface area contributed by atoms with E-state index >= 15 is 0 Å². The number of hydrogen-bond donors (Lipinski definition) is 1. The Kier molecular flexibility index (Phi) is 4.32. The SMILES string of the molecule is Cc1ccccc1CC(CO)Cc1nc2ccccc2s1. The summed E-state index contributed by atoms with van der Waals surface area (Å²) in [5.74, 6) is 0.228. The van der Waals surface area contributed by atoms with Crippen LogP contribution in [0, 0.1) is 12.8 Å². The molecule has 0 bridgehead atoms. The summed E-state index contributed by atoms with van der Waals surface area (Å²) in [6.45, 7) is 2.33. The van der Waals surface area contributed by atoms with Crippen molar-refractivity contribution >= 4 is 21.6 Å². The first-order chi connectivity index (χ1) is 10.3. The average Bonchev–Trinajstić information content (AvgIpc) is 2.91. The lowest BCUT2D eigenvalue weighted by Gasteiger charge is -2.14. The number of fused-ring (bicyclic) bond motifs is 1. The molecule has 0 saturated heterocycles. The molecule has 0 spiro atoms. The first-order valence-electron chi connectivity index (χ1n) is 7.26. The standard InChI is InChI=1S/C18H19NOS/c1-13-6-2-3-7-15(13)10-14(12-20)11-18-19-16-8-4-5-9-17(16)21-18/h2-9,14,20H,10-12H2,1H3. The summed E-state index contributed by atoms with van der Waals surface area (Å²) in [6.07, 6.45) is 1.74. The third-order valence-corrected chi connectivity index (χ3v) is 4.89. The van der Waals surface area contributed by atoms with Crippen molar-refractivity contribution in [1.82, 2.24) is 4.98 Å². The zero-order chi connectivity index (χ0) is 14.7. The zero-order valence-corrected chi connectivity index (χ0v) is 12.9. The van der Waals surface area contributed by atoms with Crippen LogP contribution in [0.1, 0.15) is 16.1 Å². The minimum Gasteiger partial charge on any atom is -0.396 e. The van der Waals surface area contributed by atoms with Gasteiger partial charge in [-0.3, -0.25) is 0 Å². The summed E-state index contributed by atoms with van der Waals surface area (Å²) >= 11 is 1.73. The van der Waals surface area contributed by atoms with Crippen molar-refractivity contribution < 1.29 is 5.11 Å². The third kappa shape index (κ3) is 3.31. The first kappa shape index (κ1) is 14.2. The van der Waals surface area contributed by atoms with Gasteiger partial charge >= 0.3 is 0 Å². The fourth-order valence-corrected chi connectivity index (χ4v) is 3.69. The zero-order valence-electron chi connectivity index (χ0n) is 12.1. The number of benzene rings is 2. The summed E-state index contributed by atoms with van der Waals surface area (Å²) in [6, 6.07) is 16.6. The molecule has 21 heavy (non-hydrogen) atoms. The molecule has 2 nitrogen and oxygen atoms in total. The van der Waals surface area contributed by atoms with Gasteiger partial charge in [-0.05, 0) is 42.5 Å². The number of rotatable bonds is 5. The van der Waals surface area contributed by atoms with Gasteiger partial charge in [0, 0.05) is 13.0 Å². The number of thiazole rings is 1. The Morgan fingerprint density at radius 3 is 2.57 bits per heavy atom. The molecule has 108 valence electrons. The highest BCUT2D eigenvalue weighted by molar-refractivity contribution is 7.18. The van der Waals surface area contributed by atoms with E-state index in [0.717, 1.165) is 23.4 Å². The maximum absolute atomic E-state index is 9.69. The predicted octanol–water partition coefficient (Wildman–Crippen LogP) is 4.00. The molecule has 3 aromatic rings. The van der Waals surface area contributed by atoms with Crippen LogP contribution < -0.4 is 0 Å². The molecule has 0 aliphatic carbocycles. The van der Waals surface area contributed by atoms with Gasteiger partial charge in [0.1, 0.15) is 0 Å². The Morgan fingerprint density at radius 2 is 1.81 bits per heavy atom. The lowest BCUT2D eigenvalue weighted by atomic mass is 9.94. The second-order valence-corrected chi connectivity index (χ2v) is 6.57. The number of hydrogen-bond acceptors (Lipinski definition) is 3. The molecule has 0 saturated carbocycles. The predicted molar refractivity (Wildman–Crippen MR) is 88.8 cm³/mol. The maximum Gasteiger partial charge on any atom is 0.0942 e. The van der Waals surface area contributed by atoms with Crippen LogP contribution in [0.3, 0.4) is 0 Å². The van der Waals surface area contributed by atoms with Gasteiger partial charge in [0.05, 0.1) is 15.2 Å². The molecule has 0 amide bonds. The van der Waals surface area contributed by atoms with Crippen LogP contribution in [-0.4, -0.2) is 16.7 Å². The van der Waals surface area contributed by atoms with Gasteiger partial charge in [-0.15, -0.1) is 11.3 Å². The molecule has 1 N–H and O–H groups in total. The van der Waals surface area contributed by atoms with E-state index in [-0.39, 0.29) is 12.5 Å². The van der Waals surface area contributed by atoms with Crippen LogP contribution in [0.5, 0.6) is 0 Å². The topological polar surface area (TPSA) is 33.1 Å². The molecular formula is C18H19NOS. The van der Waals surface area contributed by atoms with Crippen LogP contribution in [0.15, 0.2) is 48.5 Å². The van der Waals surface area contributed by atoms with E-state index < -0.39 is 0 Å². The van der Waals surface area contributed by atoms with Gasteiger partial charge in [0.25, 0.3) is 0 Å². The highest BCUT2D eigenvalue weighted by Gasteiger charge is 2.14. The summed E-state index contributed by atoms with van der Waals surface area (Å²) in [5.41, 5.74) is 3.67. The fraction of sp³-hybridized carbons (Fsp3) is 0.278. The van der Waals surface area contributed by atoms with E-state index in [0.29, 0.717) is 0 Å². The van der Waals surface area contributed by atoms with Crippen LogP contribution in [-0.2, 0) is 12.8 Å². The lowest BCUT2D eigenvalue weighted by molar-refractivity contribution is 0.225. The van der Waals surface area contributed by atoms with Gasteiger partial charge in [0.15, 0.2) is 0 Å². The number of aliphatic hydroxyl groups is 1. The van der Waals surface area contributed by atoms with Gasteiger partial charge in [0.2, 0.25) is 0 Å². The highest BCUT2D eigenvalue weighted by Crippen LogP contribution is 2.25. The monoisotopic (exact) mass is 297 g/mol. The quantitative estimate of drug-likeness (QED) is 0.772. The highest BCUT2D eigenvalue weighted by atomic mass is 32.1. The molecule has 1 heterocycles. The van der Waals surface area contributed by atoms with E-state index in [9.17, 15) is 5.11 Å². The molecule has 0 aliphatic rings. The second-order valence-electron chi connectivity index (χ2n) is 5.46. The van der Waals surface area contributed by atoms with Crippen LogP contribution in [0.25, 0.3) is 10.2 Å². The molecule has 0 aliphatic heterocycles. The normalized spacial score (nSPS) is 12.7. The Hall–Kier alpha value is -1.71. The molecule has 2 aromatic carbocycles. The van der Waals surface area contributed by atoms with Gasteiger partial charge in [-0.25, -0.2) is 4.98 Å². The Balaban J connectivity index is 1.76. The minimum atomic E-state index is 0.199. The summed E-state index contributed by atoms with van der Waals surface area (Å²) in [5, 5.41) is 10.8. The maximum atomic E-state index is 9.69. The van der Waals surface area contributed by atoms with Crippen molar-refractivity contribution in [2.75, 3.05) is 6.61 Å². The summed E-state index contributed by atoms with van der Waals surface area (Å²) in [7, 11) is 0. The van der Waals surface area contributed by atoms with E-state index in [4.69, 9.17) is 0 Å². The van der Waals surface area contributed by atoms with Crippen molar-refractivity contribution in [3.63, 3.8) is 0 Å². The van der Waals surface area contributed by atoms with E-state index in [1.807, 2.05) is 18.2 Å². The number of aryl methyl sites for hydroxylation is 1. The first-order valence-corrected chi connectivity index (χ1v) is 8.07. The van der Waals surface area contributed by atoms with Gasteiger partial charge in [-0.2, -0.15) is 0 Å². The van der Waals surface area contributed by atoms with Gasteiger partial charge in [-0.1, -0.05) is 36.4 Å². The molecule has 1 aromatic heterocycles. The Morgan fingerprint density at radius 1 is 1.05 bits per heavy atom. The summed E-state index contributed by atoms with van der Waals surface area (Å²) < 4.78 is 1.22. The van der Waals surface area contributed by atoms with Crippen molar-refractivity contribution in [2.24, 2.45) is 5.92 Å². The molecule has 3 heteroatoms. The largest absolute Gasteiger partial charge is 0.396 e. The average molecular weight is 297 g/mol. The molecule has 3 rings (SSSR count). The molecule has 1 atom stereocenters. The lowest BCUT2D eigenvalue weighted by Crippen LogP contribution is -2.13. The molecule has 1 unspecified atom stereocenters. The van der Waals surface area contributed by atoms with Gasteiger partial charge < -0.3 is 5.11 Å². The van der Waals surface area contributed by atoms with Crippen molar-refractivity contribution in [1.29, 1.82) is 0 Å². The Bertz CT molecular complexity index is 702. The number of aliphatic hydroxyl groups excluding tert-OH is 1. The van der Waals surface area contributed by atoms with Crippen LogP contribution in [0.2, 0.25) is 0 Å². The fourth-order valence-electron chi connectivity index (χ4n) is 2.61. The third-order valence-electron chi connectivity index (χ3n) is 3.83. The van der Waals surface area contributed by atoms with Crippen molar-refractivity contribution in [2.45, 2.75) is 19.8 Å². The van der Waals surface area contributed by atoms with Crippen LogP contribution >= 0.6 is 11.3 Å². The van der Waals surface area contributed by atoms with Crippen molar-refractivity contribution in [3.05, 3.63) is 64.7 Å². The summed E-state index contributed by atoms with van der Waals surface area (Å²) in [4.78, 5) is 4.67. The number of para-hydroxylation sites is 1. The van der Waals surface area contributed by atoms with Crippen LogP contribution in [0.4, 0.5) is 0 Å². The number of nitrogens with zero attached hydrogens (tertiary/aromatic N) is 1. The van der Waals surface area contributed by atoms with Crippen molar-refractivity contribution in [3.8, 4) is 0 Å². The van der Waals surface area contributed by atoms with E-state index in [1.54, 1.807) is 11.3 Å². The number of aromatic nitrogens is 1. The van der Waals surface area contributed by atoms with E-state index in [1.165, 1.54) is 15.8 Å². The smallest absolute Gasteiger partial charge is 0.0942 e. The van der Waals surface area contributed by atoms with E-state index in [2.05, 4.69) is 42.2 Å². The Labute approximate surface area is 129 Å². The minimum absolute atomic E-state index is 0.199. The molecule has 0 radical (unpaired) electrons. The molecule has 0 fully saturated rings. The second kappa shape index (κ2) is 6.37. The molecular weight excluding hydrogens is 278 g/mol.